The number of aromatic carboxylic acids is 1. The molecule has 0 fully saturated rings. The minimum atomic E-state index is -1.06. The first-order valence-electron chi connectivity index (χ1n) is 10.1. The summed E-state index contributed by atoms with van der Waals surface area (Å²) in [6.45, 7) is 3.02. The molecule has 4 nitrogen and oxygen atoms in total. The van der Waals surface area contributed by atoms with E-state index in [2.05, 4.69) is 28.7 Å². The lowest BCUT2D eigenvalue weighted by molar-refractivity contribution is 0.0697. The second-order valence-corrected chi connectivity index (χ2v) is 9.15. The van der Waals surface area contributed by atoms with Gasteiger partial charge in [0.1, 0.15) is 0 Å². The molecule has 0 spiro atoms. The molecule has 4 rings (SSSR count). The predicted molar refractivity (Wildman–Crippen MR) is 130 cm³/mol. The number of fused-ring (bicyclic) bond motifs is 1. The Kier molecular flexibility index (Phi) is 6.77. The zero-order valence-corrected chi connectivity index (χ0v) is 19.3. The van der Waals surface area contributed by atoms with Crippen LogP contribution in [0.5, 0.6) is 0 Å². The Bertz CT molecular complexity index is 1110. The van der Waals surface area contributed by atoms with Gasteiger partial charge in [0, 0.05) is 28.7 Å². The van der Waals surface area contributed by atoms with E-state index in [4.69, 9.17) is 23.2 Å². The smallest absolute Gasteiger partial charge is 0.337 e. The molecule has 1 aliphatic rings. The maximum absolute atomic E-state index is 11.5. The number of rotatable bonds is 5. The summed E-state index contributed by atoms with van der Waals surface area (Å²) in [5.74, 6) is -1.06. The number of halogens is 2. The molecule has 2 N–H and O–H groups in total. The maximum Gasteiger partial charge on any atom is 0.337 e. The first-order chi connectivity index (χ1) is 15.0. The van der Waals surface area contributed by atoms with Crippen molar-refractivity contribution >= 4 is 52.5 Å². The van der Waals surface area contributed by atoms with Crippen molar-refractivity contribution in [1.29, 1.82) is 0 Å². The van der Waals surface area contributed by atoms with Crippen LogP contribution in [-0.4, -0.2) is 23.7 Å². The van der Waals surface area contributed by atoms with E-state index in [9.17, 15) is 9.90 Å². The van der Waals surface area contributed by atoms with Crippen molar-refractivity contribution in [2.75, 3.05) is 11.4 Å². The van der Waals surface area contributed by atoms with Gasteiger partial charge in [-0.3, -0.25) is 4.72 Å². The number of carboxylic acid groups (broad SMARTS) is 1. The Hall–Kier alpha value is -2.18. The minimum Gasteiger partial charge on any atom is -0.478 e. The molecule has 0 aliphatic carbocycles. The monoisotopic (exact) mass is 472 g/mol. The van der Waals surface area contributed by atoms with Crippen LogP contribution >= 0.6 is 35.1 Å². The van der Waals surface area contributed by atoms with Gasteiger partial charge in [0.15, 0.2) is 0 Å². The van der Waals surface area contributed by atoms with E-state index in [0.717, 1.165) is 46.8 Å². The van der Waals surface area contributed by atoms with Gasteiger partial charge in [0.05, 0.1) is 21.3 Å². The van der Waals surface area contributed by atoms with Crippen LogP contribution in [0.2, 0.25) is 10.0 Å². The van der Waals surface area contributed by atoms with E-state index in [1.54, 1.807) is 30.1 Å². The number of hydrogen-bond acceptors (Lipinski definition) is 4. The minimum absolute atomic E-state index is 0.0601. The van der Waals surface area contributed by atoms with Crippen molar-refractivity contribution in [1.82, 2.24) is 4.72 Å². The third-order valence-corrected chi connectivity index (χ3v) is 6.93. The Labute approximate surface area is 196 Å². The van der Waals surface area contributed by atoms with E-state index in [1.165, 1.54) is 0 Å². The molecule has 0 saturated carbocycles. The highest BCUT2D eigenvalue weighted by Crippen LogP contribution is 2.43. The standard InChI is InChI=1S/C24H22Cl2N2O2S/c1-2-6-16-14-28(17-7-4-3-5-8-17)22-13-21(26)18(12-23(22)31-27-16)15-9-10-20(25)19(11-15)24(29)30/h3-5,7-13,16,27H,2,6,14H2,1H3,(H,29,30)/t16-/m1/s1. The molecular weight excluding hydrogens is 451 g/mol. The molecule has 3 aromatic carbocycles. The van der Waals surface area contributed by atoms with E-state index in [1.807, 2.05) is 30.3 Å². The van der Waals surface area contributed by atoms with Gasteiger partial charge in [-0.1, -0.05) is 60.8 Å². The molecule has 0 saturated heterocycles. The zero-order chi connectivity index (χ0) is 22.0. The summed E-state index contributed by atoms with van der Waals surface area (Å²) in [4.78, 5) is 14.9. The van der Waals surface area contributed by atoms with Crippen LogP contribution in [0.15, 0.2) is 65.6 Å². The van der Waals surface area contributed by atoms with Crippen LogP contribution in [0.4, 0.5) is 11.4 Å². The highest BCUT2D eigenvalue weighted by Gasteiger charge is 2.25. The topological polar surface area (TPSA) is 52.6 Å². The third kappa shape index (κ3) is 4.70. The summed E-state index contributed by atoms with van der Waals surface area (Å²) >= 11 is 14.4. The molecule has 160 valence electrons. The van der Waals surface area contributed by atoms with Crippen molar-refractivity contribution in [3.05, 3.63) is 76.3 Å². The molecule has 7 heteroatoms. The number of carbonyl (C=O) groups is 1. The summed E-state index contributed by atoms with van der Waals surface area (Å²) < 4.78 is 3.59. The van der Waals surface area contributed by atoms with Gasteiger partial charge in [-0.05, 0) is 60.3 Å². The van der Waals surface area contributed by atoms with Crippen LogP contribution in [0.3, 0.4) is 0 Å². The normalized spacial score (nSPS) is 16.0. The van der Waals surface area contributed by atoms with Gasteiger partial charge in [-0.25, -0.2) is 4.79 Å². The number of anilines is 2. The molecule has 1 heterocycles. The fourth-order valence-electron chi connectivity index (χ4n) is 3.77. The van der Waals surface area contributed by atoms with Crippen LogP contribution in [0.1, 0.15) is 30.1 Å². The van der Waals surface area contributed by atoms with E-state index >= 15 is 0 Å². The number of nitrogens with zero attached hydrogens (tertiary/aromatic N) is 1. The quantitative estimate of drug-likeness (QED) is 0.382. The van der Waals surface area contributed by atoms with Gasteiger partial charge in [0.25, 0.3) is 0 Å². The average molecular weight is 473 g/mol. The van der Waals surface area contributed by atoms with Crippen molar-refractivity contribution in [3.8, 4) is 11.1 Å². The van der Waals surface area contributed by atoms with Gasteiger partial charge in [-0.2, -0.15) is 0 Å². The lowest BCUT2D eigenvalue weighted by Crippen LogP contribution is -2.34. The highest BCUT2D eigenvalue weighted by atomic mass is 35.5. The predicted octanol–water partition coefficient (Wildman–Crippen LogP) is 7.28. The lowest BCUT2D eigenvalue weighted by atomic mass is 10.0. The lowest BCUT2D eigenvalue weighted by Gasteiger charge is -2.28. The van der Waals surface area contributed by atoms with Crippen molar-refractivity contribution in [2.45, 2.75) is 30.7 Å². The molecule has 0 bridgehead atoms. The number of nitrogens with one attached hydrogen (secondary N) is 1. The van der Waals surface area contributed by atoms with Gasteiger partial charge in [0.2, 0.25) is 0 Å². The van der Waals surface area contributed by atoms with E-state index in [-0.39, 0.29) is 10.6 Å². The molecule has 0 unspecified atom stereocenters. The van der Waals surface area contributed by atoms with Gasteiger partial charge in [-0.15, -0.1) is 0 Å². The molecule has 3 aromatic rings. The van der Waals surface area contributed by atoms with Crippen LogP contribution in [-0.2, 0) is 0 Å². The summed E-state index contributed by atoms with van der Waals surface area (Å²) in [6, 6.07) is 19.6. The highest BCUT2D eigenvalue weighted by molar-refractivity contribution is 7.97. The van der Waals surface area contributed by atoms with Crippen LogP contribution in [0, 0.1) is 0 Å². The van der Waals surface area contributed by atoms with Crippen LogP contribution < -0.4 is 9.62 Å². The van der Waals surface area contributed by atoms with E-state index in [0.29, 0.717) is 11.1 Å². The molecule has 1 atom stereocenters. The molecule has 1 aliphatic heterocycles. The third-order valence-electron chi connectivity index (χ3n) is 5.29. The second-order valence-electron chi connectivity index (χ2n) is 7.45. The molecule has 0 radical (unpaired) electrons. The maximum atomic E-state index is 11.5. The Morgan fingerprint density at radius 2 is 1.90 bits per heavy atom. The van der Waals surface area contributed by atoms with Gasteiger partial charge < -0.3 is 10.0 Å². The Morgan fingerprint density at radius 3 is 2.61 bits per heavy atom. The SMILES string of the molecule is CCC[C@@H]1CN(c2ccccc2)c2cc(Cl)c(-c3ccc(Cl)c(C(=O)O)c3)cc2SN1. The van der Waals surface area contributed by atoms with Crippen molar-refractivity contribution < 1.29 is 9.90 Å². The summed E-state index contributed by atoms with van der Waals surface area (Å²) in [5.41, 5.74) is 3.69. The number of carboxylic acids is 1. The molecule has 0 aromatic heterocycles. The molecule has 31 heavy (non-hydrogen) atoms. The summed E-state index contributed by atoms with van der Waals surface area (Å²) in [6.07, 6.45) is 2.15. The molecular formula is C24H22Cl2N2O2S. The largest absolute Gasteiger partial charge is 0.478 e. The Morgan fingerprint density at radius 1 is 1.13 bits per heavy atom. The van der Waals surface area contributed by atoms with Crippen LogP contribution in [0.25, 0.3) is 11.1 Å². The number of hydrogen-bond donors (Lipinski definition) is 2. The molecule has 0 amide bonds. The fourth-order valence-corrected chi connectivity index (χ4v) is 5.17. The summed E-state index contributed by atoms with van der Waals surface area (Å²) in [5, 5.41) is 10.2. The van der Waals surface area contributed by atoms with Crippen molar-refractivity contribution in [3.63, 3.8) is 0 Å². The zero-order valence-electron chi connectivity index (χ0n) is 16.9. The van der Waals surface area contributed by atoms with E-state index < -0.39 is 5.97 Å². The number of para-hydroxylation sites is 1. The second kappa shape index (κ2) is 9.53. The summed E-state index contributed by atoms with van der Waals surface area (Å²) in [7, 11) is 0. The first-order valence-corrected chi connectivity index (χ1v) is 11.7. The average Bonchev–Trinajstić information content (AvgIpc) is 2.94. The number of benzene rings is 3. The Balaban J connectivity index is 1.82. The van der Waals surface area contributed by atoms with Crippen molar-refractivity contribution in [2.24, 2.45) is 0 Å². The van der Waals surface area contributed by atoms with Gasteiger partial charge >= 0.3 is 5.97 Å². The first kappa shape index (κ1) is 22.0. The fraction of sp³-hybridized carbons (Fsp3) is 0.208.